The largest absolute Gasteiger partial charge is 0.360 e. The average molecular weight is 214 g/mol. The lowest BCUT2D eigenvalue weighted by molar-refractivity contribution is 0.273. The fourth-order valence-electron chi connectivity index (χ4n) is 1.03. The van der Waals surface area contributed by atoms with Gasteiger partial charge in [0, 0.05) is 24.1 Å². The van der Waals surface area contributed by atoms with Gasteiger partial charge in [-0.05, 0) is 33.9 Å². The van der Waals surface area contributed by atoms with Crippen LogP contribution in [0.25, 0.3) is 0 Å². The van der Waals surface area contributed by atoms with Crippen molar-refractivity contribution in [3.63, 3.8) is 0 Å². The lowest BCUT2D eigenvalue weighted by Gasteiger charge is -2.20. The van der Waals surface area contributed by atoms with Crippen LogP contribution >= 0.6 is 11.5 Å². The van der Waals surface area contributed by atoms with Gasteiger partial charge in [-0.15, -0.1) is 0 Å². The molecule has 1 N–H and O–H groups in total. The van der Waals surface area contributed by atoms with Crippen LogP contribution in [-0.2, 0) is 0 Å². The van der Waals surface area contributed by atoms with Crippen molar-refractivity contribution >= 4 is 16.7 Å². The Morgan fingerprint density at radius 2 is 2.36 bits per heavy atom. The molecule has 0 aromatic carbocycles. The summed E-state index contributed by atoms with van der Waals surface area (Å²) in [5.41, 5.74) is 0. The predicted molar refractivity (Wildman–Crippen MR) is 60.8 cm³/mol. The molecule has 0 unspecified atom stereocenters. The Balaban J connectivity index is 2.05. The average Bonchev–Trinajstić information content (AvgIpc) is 2.64. The minimum atomic E-state index is 0.622. The monoisotopic (exact) mass is 214 g/mol. The molecule has 0 radical (unpaired) electrons. The first-order valence-corrected chi connectivity index (χ1v) is 5.68. The van der Waals surface area contributed by atoms with Gasteiger partial charge in [0.05, 0.1) is 0 Å². The third-order valence-corrected chi connectivity index (χ3v) is 2.83. The summed E-state index contributed by atoms with van der Waals surface area (Å²) in [5.74, 6) is 0. The maximum Gasteiger partial charge on any atom is 0.202 e. The molecule has 1 heterocycles. The van der Waals surface area contributed by atoms with Crippen LogP contribution in [0.5, 0.6) is 0 Å². The van der Waals surface area contributed by atoms with Crippen LogP contribution in [0.4, 0.5) is 5.13 Å². The molecule has 0 aliphatic heterocycles. The van der Waals surface area contributed by atoms with Gasteiger partial charge in [0.25, 0.3) is 0 Å². The van der Waals surface area contributed by atoms with Gasteiger partial charge in [-0.2, -0.15) is 4.37 Å². The number of aromatic nitrogens is 2. The molecule has 14 heavy (non-hydrogen) atoms. The fraction of sp³-hybridized carbons (Fsp3) is 0.778. The lowest BCUT2D eigenvalue weighted by atomic mass is 10.3. The van der Waals surface area contributed by atoms with E-state index in [0.717, 1.165) is 24.6 Å². The van der Waals surface area contributed by atoms with Crippen LogP contribution in [0.15, 0.2) is 6.33 Å². The number of anilines is 1. The fourth-order valence-corrected chi connectivity index (χ4v) is 1.49. The van der Waals surface area contributed by atoms with Crippen LogP contribution < -0.4 is 5.32 Å². The van der Waals surface area contributed by atoms with E-state index in [-0.39, 0.29) is 0 Å². The molecule has 1 aromatic rings. The van der Waals surface area contributed by atoms with Gasteiger partial charge in [0.1, 0.15) is 6.33 Å². The third kappa shape index (κ3) is 4.02. The first-order valence-electron chi connectivity index (χ1n) is 4.91. The summed E-state index contributed by atoms with van der Waals surface area (Å²) < 4.78 is 3.92. The molecule has 80 valence electrons. The highest BCUT2D eigenvalue weighted by atomic mass is 32.1. The number of hydrogen-bond donors (Lipinski definition) is 1. The molecular weight excluding hydrogens is 196 g/mol. The highest BCUT2D eigenvalue weighted by molar-refractivity contribution is 7.09. The zero-order valence-electron chi connectivity index (χ0n) is 9.03. The molecule has 0 fully saturated rings. The van der Waals surface area contributed by atoms with E-state index in [9.17, 15) is 0 Å². The molecule has 1 aromatic heterocycles. The molecule has 0 aliphatic carbocycles. The van der Waals surface area contributed by atoms with Gasteiger partial charge < -0.3 is 10.2 Å². The highest BCUT2D eigenvalue weighted by Crippen LogP contribution is 2.06. The van der Waals surface area contributed by atoms with E-state index in [1.165, 1.54) is 11.5 Å². The predicted octanol–water partition coefficient (Wildman–Crippen LogP) is 1.68. The quantitative estimate of drug-likeness (QED) is 0.732. The molecule has 0 saturated heterocycles. The molecule has 0 atom stereocenters. The second-order valence-electron chi connectivity index (χ2n) is 3.60. The summed E-state index contributed by atoms with van der Waals surface area (Å²) in [7, 11) is 2.15. The van der Waals surface area contributed by atoms with Gasteiger partial charge in [0.15, 0.2) is 0 Å². The second kappa shape index (κ2) is 5.93. The smallest absolute Gasteiger partial charge is 0.202 e. The molecule has 0 saturated carbocycles. The number of hydrogen-bond acceptors (Lipinski definition) is 5. The summed E-state index contributed by atoms with van der Waals surface area (Å²) in [4.78, 5) is 6.39. The van der Waals surface area contributed by atoms with Crippen molar-refractivity contribution in [3.8, 4) is 0 Å². The van der Waals surface area contributed by atoms with E-state index in [4.69, 9.17) is 0 Å². The van der Waals surface area contributed by atoms with E-state index in [1.807, 2.05) is 0 Å². The second-order valence-corrected chi connectivity index (χ2v) is 4.38. The normalized spacial score (nSPS) is 11.2. The number of nitrogens with zero attached hydrogens (tertiary/aromatic N) is 3. The van der Waals surface area contributed by atoms with Crippen LogP contribution in [0, 0.1) is 0 Å². The number of nitrogens with one attached hydrogen (secondary N) is 1. The molecule has 0 spiro atoms. The van der Waals surface area contributed by atoms with Crippen LogP contribution in [0.3, 0.4) is 0 Å². The zero-order valence-corrected chi connectivity index (χ0v) is 9.84. The molecule has 0 bridgehead atoms. The molecule has 1 rings (SSSR count). The van der Waals surface area contributed by atoms with Crippen molar-refractivity contribution in [1.82, 2.24) is 14.3 Å². The van der Waals surface area contributed by atoms with Crippen LogP contribution in [-0.4, -0.2) is 40.4 Å². The van der Waals surface area contributed by atoms with Crippen molar-refractivity contribution in [3.05, 3.63) is 6.33 Å². The van der Waals surface area contributed by atoms with Crippen molar-refractivity contribution in [2.75, 3.05) is 25.5 Å². The molecule has 0 amide bonds. The van der Waals surface area contributed by atoms with E-state index in [2.05, 4.69) is 40.5 Å². The first-order chi connectivity index (χ1) is 6.70. The van der Waals surface area contributed by atoms with Crippen molar-refractivity contribution in [1.29, 1.82) is 0 Å². The van der Waals surface area contributed by atoms with Crippen LogP contribution in [0.2, 0.25) is 0 Å². The minimum Gasteiger partial charge on any atom is -0.360 e. The Morgan fingerprint density at radius 1 is 1.57 bits per heavy atom. The van der Waals surface area contributed by atoms with Gasteiger partial charge >= 0.3 is 0 Å². The topological polar surface area (TPSA) is 41.0 Å². The van der Waals surface area contributed by atoms with E-state index < -0.39 is 0 Å². The lowest BCUT2D eigenvalue weighted by Crippen LogP contribution is -2.28. The maximum absolute atomic E-state index is 4.05. The summed E-state index contributed by atoms with van der Waals surface area (Å²) in [6, 6.07) is 0.622. The van der Waals surface area contributed by atoms with Crippen LogP contribution in [0.1, 0.15) is 20.3 Å². The summed E-state index contributed by atoms with van der Waals surface area (Å²) in [6.07, 6.45) is 2.71. The summed E-state index contributed by atoms with van der Waals surface area (Å²) >= 11 is 1.40. The van der Waals surface area contributed by atoms with Crippen molar-refractivity contribution < 1.29 is 0 Å². The standard InChI is InChI=1S/C9H18N4S/c1-8(2)13(3)6-4-5-10-9-11-7-12-14-9/h7-8H,4-6H2,1-3H3,(H,10,11,12). The van der Waals surface area contributed by atoms with Crippen molar-refractivity contribution in [2.24, 2.45) is 0 Å². The van der Waals surface area contributed by atoms with Gasteiger partial charge in [-0.3, -0.25) is 0 Å². The Kier molecular flexibility index (Phi) is 4.82. The Morgan fingerprint density at radius 3 is 2.93 bits per heavy atom. The number of rotatable bonds is 6. The van der Waals surface area contributed by atoms with Gasteiger partial charge in [0.2, 0.25) is 5.13 Å². The summed E-state index contributed by atoms with van der Waals surface area (Å²) in [5, 5.41) is 4.15. The van der Waals surface area contributed by atoms with Crippen molar-refractivity contribution in [2.45, 2.75) is 26.3 Å². The summed E-state index contributed by atoms with van der Waals surface area (Å²) in [6.45, 7) is 6.49. The molecule has 0 aliphatic rings. The Labute approximate surface area is 89.5 Å². The van der Waals surface area contributed by atoms with E-state index >= 15 is 0 Å². The molecule has 4 nitrogen and oxygen atoms in total. The van der Waals surface area contributed by atoms with Gasteiger partial charge in [-0.1, -0.05) is 0 Å². The zero-order chi connectivity index (χ0) is 10.4. The minimum absolute atomic E-state index is 0.622. The third-order valence-electron chi connectivity index (χ3n) is 2.21. The SMILES string of the molecule is CC(C)N(C)CCCNc1ncns1. The maximum atomic E-state index is 4.05. The van der Waals surface area contributed by atoms with E-state index in [1.54, 1.807) is 6.33 Å². The molecular formula is C9H18N4S. The molecule has 5 heteroatoms. The first kappa shape index (κ1) is 11.4. The van der Waals surface area contributed by atoms with Gasteiger partial charge in [-0.25, -0.2) is 4.98 Å². The highest BCUT2D eigenvalue weighted by Gasteiger charge is 2.01. The Hall–Kier alpha value is -0.680. The van der Waals surface area contributed by atoms with E-state index in [0.29, 0.717) is 6.04 Å². The Bertz CT molecular complexity index is 235.